The van der Waals surface area contributed by atoms with Crippen LogP contribution in [0.3, 0.4) is 0 Å². The molecule has 1 atom stereocenters. The molecule has 1 saturated heterocycles. The number of nitrogens with zero attached hydrogens (tertiary/aromatic N) is 1. The van der Waals surface area contributed by atoms with E-state index in [0.717, 1.165) is 6.54 Å². The third kappa shape index (κ3) is 4.12. The Morgan fingerprint density at radius 1 is 1.27 bits per heavy atom. The Morgan fingerprint density at radius 2 is 2.00 bits per heavy atom. The van der Waals surface area contributed by atoms with Gasteiger partial charge < -0.3 is 10.2 Å². The fourth-order valence-corrected chi connectivity index (χ4v) is 2.42. The van der Waals surface area contributed by atoms with Gasteiger partial charge in [-0.1, -0.05) is 6.92 Å². The van der Waals surface area contributed by atoms with E-state index in [9.17, 15) is 0 Å². The summed E-state index contributed by atoms with van der Waals surface area (Å²) in [6.45, 7) is 13.0. The van der Waals surface area contributed by atoms with Crippen LogP contribution in [0.2, 0.25) is 0 Å². The van der Waals surface area contributed by atoms with E-state index in [4.69, 9.17) is 0 Å². The minimum atomic E-state index is 0.389. The number of likely N-dealkylation sites (tertiary alicyclic amines) is 1. The zero-order chi connectivity index (χ0) is 11.3. The third-order valence-electron chi connectivity index (χ3n) is 3.66. The van der Waals surface area contributed by atoms with Crippen molar-refractivity contribution in [1.29, 1.82) is 0 Å². The van der Waals surface area contributed by atoms with Crippen LogP contribution in [0, 0.1) is 0 Å². The van der Waals surface area contributed by atoms with Crippen molar-refractivity contribution in [3.8, 4) is 0 Å². The first-order valence-electron chi connectivity index (χ1n) is 6.56. The highest BCUT2D eigenvalue weighted by molar-refractivity contribution is 4.87. The second kappa shape index (κ2) is 5.86. The first-order chi connectivity index (χ1) is 7.07. The summed E-state index contributed by atoms with van der Waals surface area (Å²) in [7, 11) is 0. The monoisotopic (exact) mass is 212 g/mol. The molecule has 0 saturated carbocycles. The van der Waals surface area contributed by atoms with Gasteiger partial charge in [0.1, 0.15) is 0 Å². The molecule has 0 bridgehead atoms. The van der Waals surface area contributed by atoms with Gasteiger partial charge in [-0.3, -0.25) is 0 Å². The maximum atomic E-state index is 3.72. The molecule has 1 rings (SSSR count). The van der Waals surface area contributed by atoms with Crippen LogP contribution in [-0.4, -0.2) is 36.1 Å². The minimum Gasteiger partial charge on any atom is -0.311 e. The average Bonchev–Trinajstić information content (AvgIpc) is 2.38. The van der Waals surface area contributed by atoms with Crippen molar-refractivity contribution in [1.82, 2.24) is 10.2 Å². The van der Waals surface area contributed by atoms with Gasteiger partial charge in [0.2, 0.25) is 0 Å². The van der Waals surface area contributed by atoms with E-state index in [0.29, 0.717) is 11.6 Å². The van der Waals surface area contributed by atoms with Gasteiger partial charge in [-0.25, -0.2) is 0 Å². The molecule has 0 aromatic rings. The molecule has 1 unspecified atom stereocenters. The molecule has 0 aromatic heterocycles. The second-order valence-corrected chi connectivity index (χ2v) is 5.47. The van der Waals surface area contributed by atoms with Gasteiger partial charge in [-0.05, 0) is 59.5 Å². The van der Waals surface area contributed by atoms with E-state index in [1.54, 1.807) is 0 Å². The summed E-state index contributed by atoms with van der Waals surface area (Å²) in [4.78, 5) is 2.61. The molecule has 0 aliphatic carbocycles. The second-order valence-electron chi connectivity index (χ2n) is 5.47. The highest BCUT2D eigenvalue weighted by atomic mass is 15.2. The number of rotatable bonds is 4. The van der Waals surface area contributed by atoms with E-state index in [2.05, 4.69) is 37.9 Å². The number of hydrogen-bond acceptors (Lipinski definition) is 2. The summed E-state index contributed by atoms with van der Waals surface area (Å²) in [5.74, 6) is 0. The van der Waals surface area contributed by atoms with Gasteiger partial charge >= 0.3 is 0 Å². The van der Waals surface area contributed by atoms with Crippen LogP contribution in [0.4, 0.5) is 0 Å². The number of nitrogens with one attached hydrogen (secondary N) is 1. The van der Waals surface area contributed by atoms with Crippen LogP contribution in [0.25, 0.3) is 0 Å². The lowest BCUT2D eigenvalue weighted by atomic mass is 9.93. The molecule has 90 valence electrons. The minimum absolute atomic E-state index is 0.389. The van der Waals surface area contributed by atoms with Crippen LogP contribution in [0.5, 0.6) is 0 Å². The fraction of sp³-hybridized carbons (Fsp3) is 1.00. The first-order valence-corrected chi connectivity index (χ1v) is 6.56. The Labute approximate surface area is 95.4 Å². The molecule has 1 heterocycles. The van der Waals surface area contributed by atoms with Crippen LogP contribution in [0.15, 0.2) is 0 Å². The molecule has 1 aliphatic rings. The van der Waals surface area contributed by atoms with Crippen LogP contribution in [-0.2, 0) is 0 Å². The predicted molar refractivity (Wildman–Crippen MR) is 67.3 cm³/mol. The molecular formula is C13H28N2. The van der Waals surface area contributed by atoms with E-state index in [1.165, 1.54) is 38.8 Å². The van der Waals surface area contributed by atoms with E-state index in [1.807, 2.05) is 0 Å². The van der Waals surface area contributed by atoms with Gasteiger partial charge in [-0.2, -0.15) is 0 Å². The smallest absolute Gasteiger partial charge is 0.0166 e. The van der Waals surface area contributed by atoms with Crippen molar-refractivity contribution in [2.45, 2.75) is 65.0 Å². The largest absolute Gasteiger partial charge is 0.311 e. The predicted octanol–water partition coefficient (Wildman–Crippen LogP) is 2.64. The Hall–Kier alpha value is -0.0800. The Kier molecular flexibility index (Phi) is 5.07. The van der Waals surface area contributed by atoms with Crippen molar-refractivity contribution >= 4 is 0 Å². The zero-order valence-electron chi connectivity index (χ0n) is 11.0. The van der Waals surface area contributed by atoms with Crippen LogP contribution in [0.1, 0.15) is 53.4 Å². The average molecular weight is 212 g/mol. The molecule has 0 aromatic carbocycles. The highest BCUT2D eigenvalue weighted by Crippen LogP contribution is 2.22. The first kappa shape index (κ1) is 13.0. The molecule has 1 aliphatic heterocycles. The maximum Gasteiger partial charge on any atom is 0.0166 e. The van der Waals surface area contributed by atoms with Gasteiger partial charge in [0.15, 0.2) is 0 Å². The fourth-order valence-electron chi connectivity index (χ4n) is 2.42. The zero-order valence-corrected chi connectivity index (χ0v) is 11.0. The van der Waals surface area contributed by atoms with Gasteiger partial charge in [0.25, 0.3) is 0 Å². The molecule has 2 nitrogen and oxygen atoms in total. The van der Waals surface area contributed by atoms with Crippen molar-refractivity contribution in [3.05, 3.63) is 0 Å². The standard InChI is InChI=1S/C13H28N2/c1-5-9-14-13(4)7-6-10-15(11-8-13)12(2)3/h12,14H,5-11H2,1-4H3. The summed E-state index contributed by atoms with van der Waals surface area (Å²) in [6.07, 6.45) is 5.20. The SMILES string of the molecule is CCCNC1(C)CCCN(C(C)C)CC1. The molecule has 2 heteroatoms. The van der Waals surface area contributed by atoms with E-state index < -0.39 is 0 Å². The van der Waals surface area contributed by atoms with Crippen LogP contribution < -0.4 is 5.32 Å². The Balaban J connectivity index is 2.43. The Bertz CT molecular complexity index is 179. The molecular weight excluding hydrogens is 184 g/mol. The van der Waals surface area contributed by atoms with E-state index >= 15 is 0 Å². The summed E-state index contributed by atoms with van der Waals surface area (Å²) >= 11 is 0. The molecule has 0 spiro atoms. The third-order valence-corrected chi connectivity index (χ3v) is 3.66. The summed E-state index contributed by atoms with van der Waals surface area (Å²) < 4.78 is 0. The normalized spacial score (nSPS) is 29.4. The summed E-state index contributed by atoms with van der Waals surface area (Å²) in [5.41, 5.74) is 0.389. The molecule has 15 heavy (non-hydrogen) atoms. The summed E-state index contributed by atoms with van der Waals surface area (Å²) in [5, 5.41) is 3.72. The number of hydrogen-bond donors (Lipinski definition) is 1. The van der Waals surface area contributed by atoms with Crippen molar-refractivity contribution < 1.29 is 0 Å². The van der Waals surface area contributed by atoms with Crippen LogP contribution >= 0.6 is 0 Å². The van der Waals surface area contributed by atoms with Gasteiger partial charge in [0, 0.05) is 18.1 Å². The van der Waals surface area contributed by atoms with E-state index in [-0.39, 0.29) is 0 Å². The molecule has 1 fully saturated rings. The van der Waals surface area contributed by atoms with Gasteiger partial charge in [-0.15, -0.1) is 0 Å². The quantitative estimate of drug-likeness (QED) is 0.770. The lowest BCUT2D eigenvalue weighted by Gasteiger charge is -2.30. The van der Waals surface area contributed by atoms with Crippen molar-refractivity contribution in [2.75, 3.05) is 19.6 Å². The molecule has 1 N–H and O–H groups in total. The lowest BCUT2D eigenvalue weighted by Crippen LogP contribution is -2.43. The highest BCUT2D eigenvalue weighted by Gasteiger charge is 2.27. The molecule has 0 amide bonds. The van der Waals surface area contributed by atoms with Gasteiger partial charge in [0.05, 0.1) is 0 Å². The van der Waals surface area contributed by atoms with Crippen molar-refractivity contribution in [3.63, 3.8) is 0 Å². The Morgan fingerprint density at radius 3 is 2.60 bits per heavy atom. The lowest BCUT2D eigenvalue weighted by molar-refractivity contribution is 0.221. The molecule has 0 radical (unpaired) electrons. The summed E-state index contributed by atoms with van der Waals surface area (Å²) in [6, 6.07) is 0.707. The topological polar surface area (TPSA) is 15.3 Å². The van der Waals surface area contributed by atoms with Crippen molar-refractivity contribution in [2.24, 2.45) is 0 Å². The maximum absolute atomic E-state index is 3.72.